The van der Waals surface area contributed by atoms with Crippen LogP contribution >= 0.6 is 0 Å². The molecule has 2 saturated carbocycles. The summed E-state index contributed by atoms with van der Waals surface area (Å²) in [5.41, 5.74) is 0.593. The van der Waals surface area contributed by atoms with Crippen molar-refractivity contribution < 1.29 is 21.8 Å². The third-order valence-electron chi connectivity index (χ3n) is 6.26. The lowest BCUT2D eigenvalue weighted by molar-refractivity contribution is -0.699. The van der Waals surface area contributed by atoms with E-state index >= 15 is 0 Å². The van der Waals surface area contributed by atoms with Crippen LogP contribution in [0.4, 0.5) is 17.3 Å². The second kappa shape index (κ2) is 9.04. The SMILES string of the molecule is CC(CC[n+]1ccccc1)(C1CCCC1)C1CCCC1.F[B-](F)(F)F. The molecule has 0 unspecified atom stereocenters. The van der Waals surface area contributed by atoms with Gasteiger partial charge in [-0.2, -0.15) is 0 Å². The highest BCUT2D eigenvalue weighted by Gasteiger charge is 2.43. The first-order valence-electron chi connectivity index (χ1n) is 9.60. The Morgan fingerprint density at radius 1 is 0.840 bits per heavy atom. The Bertz CT molecular complexity index is 472. The van der Waals surface area contributed by atoms with Gasteiger partial charge in [-0.15, -0.1) is 0 Å². The molecule has 0 atom stereocenters. The lowest BCUT2D eigenvalue weighted by Gasteiger charge is -2.40. The first-order valence-corrected chi connectivity index (χ1v) is 9.60. The predicted molar refractivity (Wildman–Crippen MR) is 93.5 cm³/mol. The molecule has 0 spiro atoms. The summed E-state index contributed by atoms with van der Waals surface area (Å²) in [6.07, 6.45) is 17.7. The van der Waals surface area contributed by atoms with Crippen LogP contribution in [0, 0.1) is 17.3 Å². The van der Waals surface area contributed by atoms with Gasteiger partial charge in [0.05, 0.1) is 0 Å². The highest BCUT2D eigenvalue weighted by molar-refractivity contribution is 6.50. The summed E-state index contributed by atoms with van der Waals surface area (Å²) in [7, 11) is -6.00. The fraction of sp³-hybridized carbons (Fsp3) is 0.737. The van der Waals surface area contributed by atoms with E-state index in [9.17, 15) is 17.3 Å². The Morgan fingerprint density at radius 3 is 1.64 bits per heavy atom. The van der Waals surface area contributed by atoms with E-state index in [1.807, 2.05) is 0 Å². The zero-order chi connectivity index (χ0) is 18.3. The van der Waals surface area contributed by atoms with Gasteiger partial charge >= 0.3 is 7.25 Å². The number of aromatic nitrogens is 1. The smallest absolute Gasteiger partial charge is 0.418 e. The van der Waals surface area contributed by atoms with Crippen molar-refractivity contribution in [1.29, 1.82) is 0 Å². The minimum atomic E-state index is -6.00. The van der Waals surface area contributed by atoms with E-state index in [1.54, 1.807) is 0 Å². The van der Waals surface area contributed by atoms with E-state index in [2.05, 4.69) is 42.1 Å². The Hall–Kier alpha value is -1.07. The van der Waals surface area contributed by atoms with Crippen LogP contribution in [-0.4, -0.2) is 7.25 Å². The summed E-state index contributed by atoms with van der Waals surface area (Å²) in [6.45, 7) is 3.83. The fourth-order valence-electron chi connectivity index (χ4n) is 4.87. The second-order valence-electron chi connectivity index (χ2n) is 7.83. The molecular weight excluding hydrogens is 329 g/mol. The molecule has 1 heterocycles. The van der Waals surface area contributed by atoms with Crippen molar-refractivity contribution in [3.05, 3.63) is 30.6 Å². The summed E-state index contributed by atoms with van der Waals surface area (Å²) in [4.78, 5) is 0. The van der Waals surface area contributed by atoms with Crippen molar-refractivity contribution in [3.63, 3.8) is 0 Å². The summed E-state index contributed by atoms with van der Waals surface area (Å²) in [6, 6.07) is 6.43. The minimum Gasteiger partial charge on any atom is -0.418 e. The molecule has 0 radical (unpaired) electrons. The maximum absolute atomic E-state index is 9.75. The van der Waals surface area contributed by atoms with E-state index in [-0.39, 0.29) is 0 Å². The van der Waals surface area contributed by atoms with Gasteiger partial charge in [0.15, 0.2) is 12.4 Å². The summed E-state index contributed by atoms with van der Waals surface area (Å²) in [5.74, 6) is 1.99. The number of halogens is 4. The quantitative estimate of drug-likeness (QED) is 0.342. The summed E-state index contributed by atoms with van der Waals surface area (Å²) in [5, 5.41) is 0. The molecule has 0 aromatic carbocycles. The molecule has 0 aliphatic heterocycles. The Balaban J connectivity index is 0.000000399. The van der Waals surface area contributed by atoms with Gasteiger partial charge in [0.2, 0.25) is 0 Å². The van der Waals surface area contributed by atoms with Gasteiger partial charge in [-0.1, -0.05) is 38.7 Å². The number of aryl methyl sites for hydroxylation is 1. The van der Waals surface area contributed by atoms with Crippen molar-refractivity contribution >= 4 is 7.25 Å². The molecule has 2 fully saturated rings. The van der Waals surface area contributed by atoms with Crippen molar-refractivity contribution in [2.45, 2.75) is 71.3 Å². The first kappa shape index (κ1) is 20.2. The van der Waals surface area contributed by atoms with Crippen molar-refractivity contribution in [1.82, 2.24) is 0 Å². The molecule has 3 rings (SSSR count). The molecule has 6 heteroatoms. The highest BCUT2D eigenvalue weighted by Crippen LogP contribution is 2.52. The maximum atomic E-state index is 9.75. The molecule has 1 nitrogen and oxygen atoms in total. The average Bonchev–Trinajstić information content (AvgIpc) is 3.25. The zero-order valence-electron chi connectivity index (χ0n) is 15.1. The van der Waals surface area contributed by atoms with Crippen molar-refractivity contribution in [3.8, 4) is 0 Å². The van der Waals surface area contributed by atoms with Gasteiger partial charge in [-0.05, 0) is 42.9 Å². The van der Waals surface area contributed by atoms with Crippen LogP contribution in [0.3, 0.4) is 0 Å². The Kier molecular flexibility index (Phi) is 7.32. The van der Waals surface area contributed by atoms with Gasteiger partial charge in [-0.25, -0.2) is 4.57 Å². The topological polar surface area (TPSA) is 3.88 Å². The van der Waals surface area contributed by atoms with E-state index in [0.29, 0.717) is 5.41 Å². The van der Waals surface area contributed by atoms with Crippen LogP contribution in [0.2, 0.25) is 0 Å². The number of nitrogens with zero attached hydrogens (tertiary/aromatic N) is 1. The van der Waals surface area contributed by atoms with Crippen LogP contribution in [0.15, 0.2) is 30.6 Å². The predicted octanol–water partition coefficient (Wildman–Crippen LogP) is 6.05. The minimum absolute atomic E-state index is 0.593. The third kappa shape index (κ3) is 6.63. The molecule has 0 N–H and O–H groups in total. The Labute approximate surface area is 148 Å². The van der Waals surface area contributed by atoms with E-state index in [0.717, 1.165) is 11.8 Å². The number of pyridine rings is 1. The molecule has 0 saturated heterocycles. The number of hydrogen-bond donors (Lipinski definition) is 0. The third-order valence-corrected chi connectivity index (χ3v) is 6.26. The molecule has 2 aliphatic rings. The largest absolute Gasteiger partial charge is 0.673 e. The average molecular weight is 359 g/mol. The fourth-order valence-corrected chi connectivity index (χ4v) is 4.87. The monoisotopic (exact) mass is 359 g/mol. The standard InChI is InChI=1S/C19H30N.BF4/c1-19(17-9-3-4-10-17,18-11-5-6-12-18)13-16-20-14-7-2-8-15-20;2-1(3,4)5/h2,7-8,14-15,17-18H,3-6,9-13,16H2,1H3;/q+1;-1. The first-order chi connectivity index (χ1) is 11.8. The van der Waals surface area contributed by atoms with Gasteiger partial charge < -0.3 is 17.3 Å². The van der Waals surface area contributed by atoms with Gasteiger partial charge in [0.25, 0.3) is 0 Å². The summed E-state index contributed by atoms with van der Waals surface area (Å²) < 4.78 is 41.4. The normalized spacial score (nSPS) is 19.7. The van der Waals surface area contributed by atoms with Crippen LogP contribution in [0.5, 0.6) is 0 Å². The van der Waals surface area contributed by atoms with Crippen LogP contribution in [-0.2, 0) is 6.54 Å². The van der Waals surface area contributed by atoms with Crippen molar-refractivity contribution in [2.75, 3.05) is 0 Å². The van der Waals surface area contributed by atoms with Crippen molar-refractivity contribution in [2.24, 2.45) is 17.3 Å². The lowest BCUT2D eigenvalue weighted by atomic mass is 9.64. The summed E-state index contributed by atoms with van der Waals surface area (Å²) >= 11 is 0. The Morgan fingerprint density at radius 2 is 1.24 bits per heavy atom. The van der Waals surface area contributed by atoms with E-state index in [1.165, 1.54) is 64.3 Å². The van der Waals surface area contributed by atoms with Crippen LogP contribution < -0.4 is 4.57 Å². The molecule has 25 heavy (non-hydrogen) atoms. The number of rotatable bonds is 5. The van der Waals surface area contributed by atoms with E-state index in [4.69, 9.17) is 0 Å². The van der Waals surface area contributed by atoms with Crippen LogP contribution in [0.25, 0.3) is 0 Å². The van der Waals surface area contributed by atoms with Crippen LogP contribution in [0.1, 0.15) is 64.7 Å². The number of hydrogen-bond acceptors (Lipinski definition) is 0. The highest BCUT2D eigenvalue weighted by atomic mass is 19.5. The molecule has 1 aromatic rings. The molecular formula is C19H30BF4N. The molecule has 0 bridgehead atoms. The lowest BCUT2D eigenvalue weighted by Crippen LogP contribution is -2.40. The zero-order valence-corrected chi connectivity index (χ0v) is 15.1. The van der Waals surface area contributed by atoms with Gasteiger partial charge in [-0.3, -0.25) is 0 Å². The molecule has 2 aliphatic carbocycles. The van der Waals surface area contributed by atoms with E-state index < -0.39 is 7.25 Å². The molecule has 0 amide bonds. The molecule has 1 aromatic heterocycles. The van der Waals surface area contributed by atoms with Gasteiger partial charge in [0, 0.05) is 18.6 Å². The maximum Gasteiger partial charge on any atom is 0.673 e. The second-order valence-corrected chi connectivity index (χ2v) is 7.83. The van der Waals surface area contributed by atoms with Gasteiger partial charge in [0.1, 0.15) is 6.54 Å². The molecule has 142 valence electrons.